The fraction of sp³-hybridized carbons (Fsp3) is 0.600. The van der Waals surface area contributed by atoms with E-state index >= 15 is 0 Å². The Balaban J connectivity index is 2.39. The molecule has 3 atom stereocenters. The zero-order valence-corrected chi connectivity index (χ0v) is 13.5. The summed E-state index contributed by atoms with van der Waals surface area (Å²) in [7, 11) is 0.0114. The van der Waals surface area contributed by atoms with Crippen molar-refractivity contribution in [3.05, 3.63) is 29.8 Å². The average Bonchev–Trinajstić information content (AvgIpc) is 3.18. The molecule has 0 unspecified atom stereocenters. The monoisotopic (exact) mass is 313 g/mol. The molecule has 1 fully saturated rings. The molecule has 1 aliphatic carbocycles. The third-order valence-corrected chi connectivity index (χ3v) is 6.76. The number of methoxy groups -OCH3 is 2. The molecule has 0 spiro atoms. The highest BCUT2D eigenvalue weighted by Gasteiger charge is 2.69. The maximum atomic E-state index is 12.4. The van der Waals surface area contributed by atoms with E-state index in [1.54, 1.807) is 21.1 Å². The lowest BCUT2D eigenvalue weighted by molar-refractivity contribution is 0.142. The fourth-order valence-electron chi connectivity index (χ4n) is 3.26. The zero-order valence-electron chi connectivity index (χ0n) is 12.7. The van der Waals surface area contributed by atoms with E-state index in [1.807, 2.05) is 24.3 Å². The van der Waals surface area contributed by atoms with Crippen molar-refractivity contribution in [1.29, 1.82) is 0 Å². The minimum absolute atomic E-state index is 0.113. The number of hydrogen-bond donors (Lipinski definition) is 1. The summed E-state index contributed by atoms with van der Waals surface area (Å²) in [6.45, 7) is 2.32. The highest BCUT2D eigenvalue weighted by Crippen LogP contribution is 2.62. The first kappa shape index (κ1) is 16.3. The van der Waals surface area contributed by atoms with Crippen LogP contribution < -0.4 is 10.5 Å². The Kier molecular flexibility index (Phi) is 4.60. The highest BCUT2D eigenvalue weighted by molar-refractivity contribution is 7.92. The topological polar surface area (TPSA) is 78.6 Å². The van der Waals surface area contributed by atoms with Crippen molar-refractivity contribution in [2.75, 3.05) is 33.1 Å². The third kappa shape index (κ3) is 2.67. The van der Waals surface area contributed by atoms with Crippen molar-refractivity contribution in [2.24, 2.45) is 11.1 Å². The van der Waals surface area contributed by atoms with Gasteiger partial charge >= 0.3 is 0 Å². The Morgan fingerprint density at radius 1 is 1.24 bits per heavy atom. The van der Waals surface area contributed by atoms with Crippen molar-refractivity contribution in [3.63, 3.8) is 0 Å². The quantitative estimate of drug-likeness (QED) is 0.818. The maximum absolute atomic E-state index is 12.4. The van der Waals surface area contributed by atoms with Gasteiger partial charge in [-0.15, -0.1) is 0 Å². The van der Waals surface area contributed by atoms with Gasteiger partial charge in [-0.3, -0.25) is 0 Å². The number of rotatable bonds is 7. The van der Waals surface area contributed by atoms with Gasteiger partial charge in [-0.05, 0) is 17.7 Å². The summed E-state index contributed by atoms with van der Waals surface area (Å²) in [5.41, 5.74) is 6.37. The van der Waals surface area contributed by atoms with Crippen LogP contribution in [0.3, 0.4) is 0 Å². The molecule has 0 saturated heterocycles. The summed E-state index contributed by atoms with van der Waals surface area (Å²) < 4.78 is 35.2. The van der Waals surface area contributed by atoms with Gasteiger partial charge in [0.05, 0.1) is 19.0 Å². The lowest BCUT2D eigenvalue weighted by Crippen LogP contribution is -2.28. The maximum Gasteiger partial charge on any atom is 0.154 e. The van der Waals surface area contributed by atoms with Crippen LogP contribution in [0.15, 0.2) is 24.3 Å². The number of nitrogens with two attached hydrogens (primary N) is 1. The summed E-state index contributed by atoms with van der Waals surface area (Å²) in [5.74, 6) is 0.758. The molecule has 0 amide bonds. The van der Waals surface area contributed by atoms with E-state index in [1.165, 1.54) is 0 Å². The molecule has 21 heavy (non-hydrogen) atoms. The molecule has 2 rings (SSSR count). The lowest BCUT2D eigenvalue weighted by Gasteiger charge is -2.14. The van der Waals surface area contributed by atoms with Gasteiger partial charge in [0.2, 0.25) is 0 Å². The first-order valence-corrected chi connectivity index (χ1v) is 8.73. The molecular formula is C15H23NO4S. The molecule has 5 nitrogen and oxygen atoms in total. The second-order valence-electron chi connectivity index (χ2n) is 5.49. The van der Waals surface area contributed by atoms with Crippen LogP contribution in [0.2, 0.25) is 0 Å². The summed E-state index contributed by atoms with van der Waals surface area (Å²) >= 11 is 0. The van der Waals surface area contributed by atoms with Crippen molar-refractivity contribution >= 4 is 9.84 Å². The Morgan fingerprint density at radius 2 is 1.86 bits per heavy atom. The molecule has 0 radical (unpaired) electrons. The van der Waals surface area contributed by atoms with Gasteiger partial charge in [-0.1, -0.05) is 19.1 Å². The van der Waals surface area contributed by atoms with E-state index in [-0.39, 0.29) is 11.7 Å². The van der Waals surface area contributed by atoms with Gasteiger partial charge in [0.25, 0.3) is 0 Å². The summed E-state index contributed by atoms with van der Waals surface area (Å²) in [4.78, 5) is 0. The Morgan fingerprint density at radius 3 is 2.29 bits per heavy atom. The Bertz CT molecular complexity index is 584. The van der Waals surface area contributed by atoms with E-state index < -0.39 is 20.5 Å². The number of hydrogen-bond acceptors (Lipinski definition) is 5. The molecule has 6 heteroatoms. The molecule has 2 N–H and O–H groups in total. The largest absolute Gasteiger partial charge is 0.497 e. The van der Waals surface area contributed by atoms with Crippen LogP contribution in [0, 0.1) is 5.41 Å². The van der Waals surface area contributed by atoms with Gasteiger partial charge in [0.1, 0.15) is 5.75 Å². The van der Waals surface area contributed by atoms with Crippen LogP contribution in [0.1, 0.15) is 18.4 Å². The van der Waals surface area contributed by atoms with Crippen molar-refractivity contribution < 1.29 is 17.9 Å². The fourth-order valence-corrected chi connectivity index (χ4v) is 5.41. The standard InChI is InChI=1S/C15H23NO4S/c1-4-21(17,18)14-13(15(14,9-16)10-19-2)11-5-7-12(20-3)8-6-11/h5-8,13-14H,4,9-10,16H2,1-3H3/t13-,14+,15-/m1/s1. The minimum atomic E-state index is -3.17. The second-order valence-corrected chi connectivity index (χ2v) is 7.90. The van der Waals surface area contributed by atoms with Crippen molar-refractivity contribution in [2.45, 2.75) is 18.1 Å². The molecular weight excluding hydrogens is 290 g/mol. The van der Waals surface area contributed by atoms with Gasteiger partial charge in [-0.2, -0.15) is 0 Å². The molecule has 1 saturated carbocycles. The molecule has 0 heterocycles. The number of benzene rings is 1. The summed E-state index contributed by atoms with van der Waals surface area (Å²) in [5, 5.41) is -0.464. The van der Waals surface area contributed by atoms with Crippen molar-refractivity contribution in [3.8, 4) is 5.75 Å². The van der Waals surface area contributed by atoms with Gasteiger partial charge < -0.3 is 15.2 Å². The van der Waals surface area contributed by atoms with E-state index in [0.717, 1.165) is 11.3 Å². The van der Waals surface area contributed by atoms with Crippen LogP contribution in [-0.2, 0) is 14.6 Å². The first-order chi connectivity index (χ1) is 9.96. The molecule has 0 aliphatic heterocycles. The van der Waals surface area contributed by atoms with Gasteiger partial charge in [-0.25, -0.2) is 8.42 Å². The van der Waals surface area contributed by atoms with Crippen LogP contribution in [0.4, 0.5) is 0 Å². The molecule has 0 aromatic heterocycles. The second kappa shape index (κ2) is 5.94. The number of sulfone groups is 1. The average molecular weight is 313 g/mol. The van der Waals surface area contributed by atoms with Gasteiger partial charge in [0, 0.05) is 30.7 Å². The van der Waals surface area contributed by atoms with E-state index in [9.17, 15) is 8.42 Å². The SMILES string of the molecule is CCS(=O)(=O)[C@H]1[C@@H](c2ccc(OC)cc2)[C@@]1(CN)COC. The van der Waals surface area contributed by atoms with E-state index in [2.05, 4.69) is 0 Å². The van der Waals surface area contributed by atoms with Crippen LogP contribution in [0.5, 0.6) is 5.75 Å². The lowest BCUT2D eigenvalue weighted by atomic mass is 10.00. The molecule has 1 aromatic rings. The molecule has 0 bridgehead atoms. The minimum Gasteiger partial charge on any atom is -0.497 e. The van der Waals surface area contributed by atoms with Crippen LogP contribution >= 0.6 is 0 Å². The highest BCUT2D eigenvalue weighted by atomic mass is 32.2. The zero-order chi connectivity index (χ0) is 15.7. The first-order valence-electron chi connectivity index (χ1n) is 7.01. The third-order valence-electron chi connectivity index (χ3n) is 4.44. The predicted molar refractivity (Wildman–Crippen MR) is 82.3 cm³/mol. The van der Waals surface area contributed by atoms with Gasteiger partial charge in [0.15, 0.2) is 9.84 Å². The van der Waals surface area contributed by atoms with Crippen molar-refractivity contribution in [1.82, 2.24) is 0 Å². The van der Waals surface area contributed by atoms with E-state index in [0.29, 0.717) is 13.2 Å². The predicted octanol–water partition coefficient (Wildman–Crippen LogP) is 1.19. The van der Waals surface area contributed by atoms with E-state index in [4.69, 9.17) is 15.2 Å². The molecule has 1 aromatic carbocycles. The Hall–Kier alpha value is -1.11. The Labute approximate surface area is 126 Å². The molecule has 1 aliphatic rings. The smallest absolute Gasteiger partial charge is 0.154 e. The normalized spacial score (nSPS) is 28.4. The summed E-state index contributed by atoms with van der Waals surface area (Å²) in [6, 6.07) is 7.51. The van der Waals surface area contributed by atoms with Crippen LogP contribution in [0.25, 0.3) is 0 Å². The molecule has 118 valence electrons. The number of ether oxygens (including phenoxy) is 2. The summed E-state index contributed by atoms with van der Waals surface area (Å²) in [6.07, 6.45) is 0. The van der Waals surface area contributed by atoms with Crippen LogP contribution in [-0.4, -0.2) is 46.8 Å².